The maximum atomic E-state index is 9.70. The number of benzene rings is 2. The van der Waals surface area contributed by atoms with Gasteiger partial charge in [-0.05, 0) is 29.8 Å². The summed E-state index contributed by atoms with van der Waals surface area (Å²) in [5.74, 6) is 1.05. The van der Waals surface area contributed by atoms with Crippen LogP contribution in [-0.2, 0) is 10.3 Å². The second-order valence-electron chi connectivity index (χ2n) is 5.00. The molecular formula is C15H12O4. The third kappa shape index (κ3) is 1.37. The molecule has 0 unspecified atom stereocenters. The molecule has 0 radical (unpaired) electrons. The van der Waals surface area contributed by atoms with Crippen LogP contribution in [0.3, 0.4) is 0 Å². The molecule has 0 aromatic heterocycles. The van der Waals surface area contributed by atoms with Gasteiger partial charge in [0.15, 0.2) is 5.60 Å². The summed E-state index contributed by atoms with van der Waals surface area (Å²) < 4.78 is 11.3. The molecule has 2 aliphatic rings. The first-order chi connectivity index (χ1) is 9.18. The van der Waals surface area contributed by atoms with Gasteiger partial charge in [-0.1, -0.05) is 6.07 Å². The van der Waals surface area contributed by atoms with Gasteiger partial charge in [-0.15, -0.1) is 0 Å². The third-order valence-corrected chi connectivity index (χ3v) is 3.73. The number of phenols is 2. The average Bonchev–Trinajstić information content (AvgIpc) is 2.35. The second-order valence-corrected chi connectivity index (χ2v) is 5.00. The highest BCUT2D eigenvalue weighted by Crippen LogP contribution is 2.49. The first-order valence-corrected chi connectivity index (χ1v) is 6.12. The van der Waals surface area contributed by atoms with Gasteiger partial charge in [0, 0.05) is 17.2 Å². The molecule has 0 amide bonds. The van der Waals surface area contributed by atoms with E-state index in [9.17, 15) is 10.2 Å². The molecular weight excluding hydrogens is 244 g/mol. The quantitative estimate of drug-likeness (QED) is 0.759. The highest BCUT2D eigenvalue weighted by atomic mass is 16.6. The Kier molecular flexibility index (Phi) is 1.93. The van der Waals surface area contributed by atoms with Gasteiger partial charge in [0.1, 0.15) is 17.2 Å². The fraction of sp³-hybridized carbons (Fsp3) is 0.200. The highest BCUT2D eigenvalue weighted by Gasteiger charge is 2.47. The molecule has 19 heavy (non-hydrogen) atoms. The minimum absolute atomic E-state index is 0.177. The van der Waals surface area contributed by atoms with Crippen LogP contribution in [0.5, 0.6) is 17.2 Å². The number of fused-ring (bicyclic) bond motifs is 4. The molecule has 2 aromatic carbocycles. The van der Waals surface area contributed by atoms with Crippen LogP contribution in [0.15, 0.2) is 36.4 Å². The molecule has 2 aromatic rings. The van der Waals surface area contributed by atoms with Gasteiger partial charge in [0.05, 0.1) is 13.2 Å². The maximum Gasteiger partial charge on any atom is 0.181 e. The summed E-state index contributed by atoms with van der Waals surface area (Å²) in [5.41, 5.74) is 2.35. The predicted octanol–water partition coefficient (Wildman–Crippen LogP) is 2.38. The first kappa shape index (κ1) is 10.7. The van der Waals surface area contributed by atoms with Gasteiger partial charge in [-0.3, -0.25) is 0 Å². The molecule has 0 bridgehead atoms. The van der Waals surface area contributed by atoms with Crippen molar-refractivity contribution in [2.75, 3.05) is 13.2 Å². The Bertz CT molecular complexity index is 674. The predicted molar refractivity (Wildman–Crippen MR) is 68.3 cm³/mol. The molecule has 1 fully saturated rings. The summed E-state index contributed by atoms with van der Waals surface area (Å²) in [7, 11) is 0. The van der Waals surface area contributed by atoms with E-state index in [1.807, 2.05) is 12.1 Å². The molecule has 1 spiro atoms. The zero-order valence-electron chi connectivity index (χ0n) is 10.1. The van der Waals surface area contributed by atoms with E-state index >= 15 is 0 Å². The molecule has 0 saturated carbocycles. The number of hydrogen-bond donors (Lipinski definition) is 2. The molecule has 96 valence electrons. The van der Waals surface area contributed by atoms with Crippen molar-refractivity contribution in [2.24, 2.45) is 0 Å². The Hall–Kier alpha value is -2.20. The number of rotatable bonds is 0. The van der Waals surface area contributed by atoms with Crippen molar-refractivity contribution >= 4 is 0 Å². The van der Waals surface area contributed by atoms with E-state index in [0.29, 0.717) is 19.0 Å². The van der Waals surface area contributed by atoms with Crippen LogP contribution in [0, 0.1) is 0 Å². The Morgan fingerprint density at radius 3 is 2.26 bits per heavy atom. The number of phenolic OH excluding ortho intramolecular Hbond substituents is 2. The summed E-state index contributed by atoms with van der Waals surface area (Å²) >= 11 is 0. The lowest BCUT2D eigenvalue weighted by Crippen LogP contribution is -2.52. The molecule has 2 aliphatic heterocycles. The minimum atomic E-state index is -0.533. The van der Waals surface area contributed by atoms with Crippen LogP contribution in [0.2, 0.25) is 0 Å². The number of ether oxygens (including phenoxy) is 2. The largest absolute Gasteiger partial charge is 0.508 e. The fourth-order valence-corrected chi connectivity index (χ4v) is 2.73. The molecule has 2 heterocycles. The van der Waals surface area contributed by atoms with Crippen molar-refractivity contribution in [3.8, 4) is 28.4 Å². The Labute approximate surface area is 109 Å². The van der Waals surface area contributed by atoms with Crippen molar-refractivity contribution in [2.45, 2.75) is 5.60 Å². The molecule has 4 nitrogen and oxygen atoms in total. The van der Waals surface area contributed by atoms with E-state index in [1.165, 1.54) is 0 Å². The molecule has 4 rings (SSSR count). The van der Waals surface area contributed by atoms with Crippen molar-refractivity contribution in [1.29, 1.82) is 0 Å². The van der Waals surface area contributed by atoms with Gasteiger partial charge in [0.2, 0.25) is 0 Å². The van der Waals surface area contributed by atoms with Crippen molar-refractivity contribution in [1.82, 2.24) is 0 Å². The van der Waals surface area contributed by atoms with Crippen LogP contribution >= 0.6 is 0 Å². The van der Waals surface area contributed by atoms with E-state index in [2.05, 4.69) is 0 Å². The highest BCUT2D eigenvalue weighted by molar-refractivity contribution is 5.78. The normalized spacial score (nSPS) is 18.1. The first-order valence-electron chi connectivity index (χ1n) is 6.12. The van der Waals surface area contributed by atoms with E-state index in [4.69, 9.17) is 9.47 Å². The lowest BCUT2D eigenvalue weighted by Gasteiger charge is -2.45. The lowest BCUT2D eigenvalue weighted by molar-refractivity contribution is -0.169. The minimum Gasteiger partial charge on any atom is -0.508 e. The summed E-state index contributed by atoms with van der Waals surface area (Å²) in [6.45, 7) is 0.914. The molecule has 0 aliphatic carbocycles. The smallest absolute Gasteiger partial charge is 0.181 e. The zero-order valence-corrected chi connectivity index (χ0v) is 10.1. The average molecular weight is 256 g/mol. The van der Waals surface area contributed by atoms with Crippen LogP contribution in [0.1, 0.15) is 5.56 Å². The van der Waals surface area contributed by atoms with E-state index in [1.54, 1.807) is 24.3 Å². The van der Waals surface area contributed by atoms with E-state index in [0.717, 1.165) is 16.7 Å². The topological polar surface area (TPSA) is 58.9 Å². The standard InChI is InChI=1S/C15H12O4/c16-9-1-3-11-12-4-2-10(17)6-14(12)19-15(7-18-8-15)13(11)5-9/h1-6,16-17H,7-8H2. The zero-order chi connectivity index (χ0) is 13.0. The number of hydrogen-bond acceptors (Lipinski definition) is 4. The van der Waals surface area contributed by atoms with Crippen molar-refractivity contribution in [3.63, 3.8) is 0 Å². The summed E-state index contributed by atoms with van der Waals surface area (Å²) in [5, 5.41) is 19.3. The SMILES string of the molecule is Oc1ccc2c(c1)OC1(COC1)c1cc(O)ccc1-2. The Morgan fingerprint density at radius 2 is 1.58 bits per heavy atom. The van der Waals surface area contributed by atoms with Crippen LogP contribution in [0.25, 0.3) is 11.1 Å². The summed E-state index contributed by atoms with van der Waals surface area (Å²) in [6.07, 6.45) is 0. The van der Waals surface area contributed by atoms with Crippen LogP contribution in [-0.4, -0.2) is 23.4 Å². The van der Waals surface area contributed by atoms with E-state index in [-0.39, 0.29) is 11.5 Å². The van der Waals surface area contributed by atoms with Gasteiger partial charge < -0.3 is 19.7 Å². The molecule has 4 heteroatoms. The van der Waals surface area contributed by atoms with E-state index < -0.39 is 5.60 Å². The van der Waals surface area contributed by atoms with Gasteiger partial charge in [-0.2, -0.15) is 0 Å². The van der Waals surface area contributed by atoms with Crippen molar-refractivity contribution < 1.29 is 19.7 Å². The maximum absolute atomic E-state index is 9.70. The third-order valence-electron chi connectivity index (χ3n) is 3.73. The molecule has 2 N–H and O–H groups in total. The Balaban J connectivity index is 2.00. The Morgan fingerprint density at radius 1 is 0.895 bits per heavy atom. The van der Waals surface area contributed by atoms with Gasteiger partial charge >= 0.3 is 0 Å². The monoisotopic (exact) mass is 256 g/mol. The van der Waals surface area contributed by atoms with Crippen LogP contribution < -0.4 is 4.74 Å². The van der Waals surface area contributed by atoms with Crippen molar-refractivity contribution in [3.05, 3.63) is 42.0 Å². The fourth-order valence-electron chi connectivity index (χ4n) is 2.73. The molecule has 0 atom stereocenters. The van der Waals surface area contributed by atoms with Gasteiger partial charge in [0.25, 0.3) is 0 Å². The second kappa shape index (κ2) is 3.42. The van der Waals surface area contributed by atoms with Gasteiger partial charge in [-0.25, -0.2) is 0 Å². The molecule has 1 saturated heterocycles. The number of aromatic hydroxyl groups is 2. The van der Waals surface area contributed by atoms with Crippen LogP contribution in [0.4, 0.5) is 0 Å². The lowest BCUT2D eigenvalue weighted by atomic mass is 9.82. The summed E-state index contributed by atoms with van der Waals surface area (Å²) in [6, 6.07) is 10.3. The summed E-state index contributed by atoms with van der Waals surface area (Å²) in [4.78, 5) is 0.